The van der Waals surface area contributed by atoms with E-state index < -0.39 is 0 Å². The molecule has 1 saturated carbocycles. The third-order valence-electron chi connectivity index (χ3n) is 4.16. The molecule has 1 atom stereocenters. The first-order valence-electron chi connectivity index (χ1n) is 7.14. The van der Waals surface area contributed by atoms with Gasteiger partial charge in [-0.3, -0.25) is 9.59 Å². The quantitative estimate of drug-likeness (QED) is 0.879. The highest BCUT2D eigenvalue weighted by atomic mass is 16.2. The first kappa shape index (κ1) is 14.6. The largest absolute Gasteiger partial charge is 0.398 e. The van der Waals surface area contributed by atoms with Crippen molar-refractivity contribution in [3.05, 3.63) is 28.7 Å². The van der Waals surface area contributed by atoms with Crippen LogP contribution >= 0.6 is 0 Å². The number of nitrogens with two attached hydrogens (primary N) is 1. The Hall–Kier alpha value is -1.78. The number of anilines is 1. The predicted octanol–water partition coefficient (Wildman–Crippen LogP) is 1.52. The third kappa shape index (κ3) is 3.40. The van der Waals surface area contributed by atoms with Gasteiger partial charge in [0.05, 0.1) is 0 Å². The summed E-state index contributed by atoms with van der Waals surface area (Å²) in [5, 5.41) is 3.06. The number of nitrogens with one attached hydrogen (secondary N) is 1. The standard InChI is InChI=1S/C15H23N3O2/c1-15(2)8-4-3-5-12(15)17-13(19)10-18-9-11(16)6-7-14(18)20/h6-7,9,12H,3-5,8,10,16H2,1-2H3,(H,17,19). The molecule has 20 heavy (non-hydrogen) atoms. The molecule has 1 unspecified atom stereocenters. The topological polar surface area (TPSA) is 77.1 Å². The fourth-order valence-electron chi connectivity index (χ4n) is 2.83. The smallest absolute Gasteiger partial charge is 0.251 e. The van der Waals surface area contributed by atoms with Crippen molar-refractivity contribution >= 4 is 11.6 Å². The Balaban J connectivity index is 2.02. The SMILES string of the molecule is CC1(C)CCCCC1NC(=O)Cn1cc(N)ccc1=O. The summed E-state index contributed by atoms with van der Waals surface area (Å²) < 4.78 is 1.35. The van der Waals surface area contributed by atoms with E-state index in [0.717, 1.165) is 19.3 Å². The van der Waals surface area contributed by atoms with Gasteiger partial charge in [-0.25, -0.2) is 0 Å². The van der Waals surface area contributed by atoms with Gasteiger partial charge in [-0.05, 0) is 24.3 Å². The number of pyridine rings is 1. The van der Waals surface area contributed by atoms with Crippen molar-refractivity contribution in [2.75, 3.05) is 5.73 Å². The van der Waals surface area contributed by atoms with Crippen molar-refractivity contribution in [3.63, 3.8) is 0 Å². The number of hydrogen-bond acceptors (Lipinski definition) is 3. The number of carbonyl (C=O) groups excluding carboxylic acids is 1. The molecule has 1 heterocycles. The van der Waals surface area contributed by atoms with Gasteiger partial charge in [-0.15, -0.1) is 0 Å². The number of nitrogens with zero attached hydrogens (tertiary/aromatic N) is 1. The molecule has 5 nitrogen and oxygen atoms in total. The van der Waals surface area contributed by atoms with Crippen molar-refractivity contribution in [1.29, 1.82) is 0 Å². The number of amides is 1. The van der Waals surface area contributed by atoms with Gasteiger partial charge in [-0.1, -0.05) is 26.7 Å². The number of carbonyl (C=O) groups is 1. The van der Waals surface area contributed by atoms with E-state index in [2.05, 4.69) is 19.2 Å². The molecule has 3 N–H and O–H groups in total. The van der Waals surface area contributed by atoms with Crippen LogP contribution in [0.3, 0.4) is 0 Å². The third-order valence-corrected chi connectivity index (χ3v) is 4.16. The Labute approximate surface area is 119 Å². The highest BCUT2D eigenvalue weighted by Gasteiger charge is 2.33. The van der Waals surface area contributed by atoms with Crippen LogP contribution in [-0.4, -0.2) is 16.5 Å². The summed E-state index contributed by atoms with van der Waals surface area (Å²) in [7, 11) is 0. The Bertz CT molecular complexity index is 548. The Kier molecular flexibility index (Phi) is 4.16. The summed E-state index contributed by atoms with van der Waals surface area (Å²) in [6, 6.07) is 3.11. The van der Waals surface area contributed by atoms with Crippen LogP contribution in [0.1, 0.15) is 39.5 Å². The van der Waals surface area contributed by atoms with Crippen LogP contribution in [0, 0.1) is 5.41 Å². The van der Waals surface area contributed by atoms with E-state index in [-0.39, 0.29) is 29.5 Å². The van der Waals surface area contributed by atoms with Gasteiger partial charge in [0.25, 0.3) is 5.56 Å². The molecule has 0 bridgehead atoms. The van der Waals surface area contributed by atoms with Crippen molar-refractivity contribution in [1.82, 2.24) is 9.88 Å². The predicted molar refractivity (Wildman–Crippen MR) is 79.3 cm³/mol. The lowest BCUT2D eigenvalue weighted by molar-refractivity contribution is -0.123. The second kappa shape index (κ2) is 5.69. The first-order valence-corrected chi connectivity index (χ1v) is 7.14. The van der Waals surface area contributed by atoms with Gasteiger partial charge in [0.15, 0.2) is 0 Å². The minimum absolute atomic E-state index is 0.0243. The van der Waals surface area contributed by atoms with Crippen LogP contribution < -0.4 is 16.6 Å². The van der Waals surface area contributed by atoms with E-state index in [1.54, 1.807) is 6.07 Å². The molecular formula is C15H23N3O2. The van der Waals surface area contributed by atoms with E-state index in [1.807, 2.05) is 0 Å². The number of rotatable bonds is 3. The van der Waals surface area contributed by atoms with Crippen LogP contribution in [0.4, 0.5) is 5.69 Å². The molecule has 1 aromatic rings. The second-order valence-electron chi connectivity index (χ2n) is 6.28. The van der Waals surface area contributed by atoms with E-state index in [9.17, 15) is 9.59 Å². The molecule has 1 aliphatic carbocycles. The van der Waals surface area contributed by atoms with Crippen molar-refractivity contribution in [2.45, 2.75) is 52.1 Å². The molecular weight excluding hydrogens is 254 g/mol. The summed E-state index contributed by atoms with van der Waals surface area (Å²) in [4.78, 5) is 23.8. The van der Waals surface area contributed by atoms with Crippen molar-refractivity contribution < 1.29 is 4.79 Å². The van der Waals surface area contributed by atoms with Crippen LogP contribution in [0.5, 0.6) is 0 Å². The van der Waals surface area contributed by atoms with Gasteiger partial charge in [-0.2, -0.15) is 0 Å². The number of aromatic nitrogens is 1. The fraction of sp³-hybridized carbons (Fsp3) is 0.600. The molecule has 1 fully saturated rings. The second-order valence-corrected chi connectivity index (χ2v) is 6.28. The lowest BCUT2D eigenvalue weighted by atomic mass is 9.73. The zero-order valence-electron chi connectivity index (χ0n) is 12.2. The average Bonchev–Trinajstić information content (AvgIpc) is 2.36. The minimum Gasteiger partial charge on any atom is -0.398 e. The molecule has 2 rings (SSSR count). The molecule has 0 aromatic carbocycles. The molecule has 1 aliphatic rings. The Morgan fingerprint density at radius 2 is 2.20 bits per heavy atom. The molecule has 5 heteroatoms. The number of nitrogen functional groups attached to an aromatic ring is 1. The lowest BCUT2D eigenvalue weighted by Crippen LogP contribution is -2.48. The van der Waals surface area contributed by atoms with E-state index in [1.165, 1.54) is 23.3 Å². The van der Waals surface area contributed by atoms with Gasteiger partial charge in [0.1, 0.15) is 6.54 Å². The zero-order valence-corrected chi connectivity index (χ0v) is 12.2. The molecule has 0 aliphatic heterocycles. The molecule has 0 saturated heterocycles. The molecule has 110 valence electrons. The summed E-state index contributed by atoms with van der Waals surface area (Å²) in [6.45, 7) is 4.39. The Morgan fingerprint density at radius 1 is 1.45 bits per heavy atom. The minimum atomic E-state index is -0.211. The van der Waals surface area contributed by atoms with E-state index in [0.29, 0.717) is 5.69 Å². The van der Waals surface area contributed by atoms with E-state index in [4.69, 9.17) is 5.73 Å². The average molecular weight is 277 g/mol. The van der Waals surface area contributed by atoms with Crippen molar-refractivity contribution in [3.8, 4) is 0 Å². The summed E-state index contributed by atoms with van der Waals surface area (Å²) in [5.41, 5.74) is 6.03. The highest BCUT2D eigenvalue weighted by molar-refractivity contribution is 5.76. The van der Waals surface area contributed by atoms with E-state index >= 15 is 0 Å². The maximum Gasteiger partial charge on any atom is 0.251 e. The fourth-order valence-corrected chi connectivity index (χ4v) is 2.83. The summed E-state index contributed by atoms with van der Waals surface area (Å²) >= 11 is 0. The van der Waals surface area contributed by atoms with Crippen molar-refractivity contribution in [2.24, 2.45) is 5.41 Å². The molecule has 1 aromatic heterocycles. The van der Waals surface area contributed by atoms with Crippen LogP contribution in [0.15, 0.2) is 23.1 Å². The zero-order chi connectivity index (χ0) is 14.8. The first-order chi connectivity index (χ1) is 9.38. The van der Waals surface area contributed by atoms with Gasteiger partial charge in [0.2, 0.25) is 5.91 Å². The summed E-state index contributed by atoms with van der Waals surface area (Å²) in [5.74, 6) is -0.127. The molecule has 1 amide bonds. The maximum absolute atomic E-state index is 12.1. The van der Waals surface area contributed by atoms with Crippen LogP contribution in [-0.2, 0) is 11.3 Å². The normalized spacial score (nSPS) is 21.4. The Morgan fingerprint density at radius 3 is 2.90 bits per heavy atom. The molecule has 0 spiro atoms. The lowest BCUT2D eigenvalue weighted by Gasteiger charge is -2.39. The number of hydrogen-bond donors (Lipinski definition) is 2. The van der Waals surface area contributed by atoms with Gasteiger partial charge in [0, 0.05) is 24.0 Å². The monoisotopic (exact) mass is 277 g/mol. The molecule has 0 radical (unpaired) electrons. The van der Waals surface area contributed by atoms with Crippen LogP contribution in [0.2, 0.25) is 0 Å². The van der Waals surface area contributed by atoms with Gasteiger partial charge < -0.3 is 15.6 Å². The van der Waals surface area contributed by atoms with Gasteiger partial charge >= 0.3 is 0 Å². The van der Waals surface area contributed by atoms with Crippen LogP contribution in [0.25, 0.3) is 0 Å². The maximum atomic E-state index is 12.1. The highest BCUT2D eigenvalue weighted by Crippen LogP contribution is 2.35. The summed E-state index contributed by atoms with van der Waals surface area (Å²) in [6.07, 6.45) is 6.00.